The van der Waals surface area contributed by atoms with Crippen LogP contribution < -0.4 is 0 Å². The summed E-state index contributed by atoms with van der Waals surface area (Å²) in [6.07, 6.45) is 0. The first-order valence-corrected chi connectivity index (χ1v) is 4.29. The summed E-state index contributed by atoms with van der Waals surface area (Å²) in [5.41, 5.74) is 1.38. The molecule has 1 aromatic heterocycles. The number of hydrogen-bond acceptors (Lipinski definition) is 1. The molecule has 3 heteroatoms. The zero-order valence-electron chi connectivity index (χ0n) is 6.40. The van der Waals surface area contributed by atoms with Crippen LogP contribution in [0, 0.1) is 3.70 Å². The highest BCUT2D eigenvalue weighted by molar-refractivity contribution is 14.1. The lowest BCUT2D eigenvalue weighted by molar-refractivity contribution is 0.567. The lowest BCUT2D eigenvalue weighted by Gasteiger charge is -2.14. The maximum atomic E-state index is 4.04. The molecule has 56 valence electrons. The van der Waals surface area contributed by atoms with E-state index in [2.05, 4.69) is 59.6 Å². The van der Waals surface area contributed by atoms with Crippen LogP contribution in [0.15, 0.2) is 6.07 Å². The van der Waals surface area contributed by atoms with E-state index in [1.54, 1.807) is 0 Å². The normalized spacial score (nSPS) is 12.0. The summed E-state index contributed by atoms with van der Waals surface area (Å²) >= 11 is 2.20. The van der Waals surface area contributed by atoms with E-state index in [4.69, 9.17) is 0 Å². The average Bonchev–Trinajstić information content (AvgIpc) is 2.11. The Morgan fingerprint density at radius 2 is 2.10 bits per heavy atom. The van der Waals surface area contributed by atoms with Crippen molar-refractivity contribution in [2.24, 2.45) is 0 Å². The second kappa shape index (κ2) is 2.53. The highest BCUT2D eigenvalue weighted by Gasteiger charge is 2.15. The van der Waals surface area contributed by atoms with E-state index in [-0.39, 0.29) is 5.41 Å². The number of aromatic amines is 1. The fourth-order valence-electron chi connectivity index (χ4n) is 0.681. The van der Waals surface area contributed by atoms with E-state index in [0.29, 0.717) is 0 Å². The van der Waals surface area contributed by atoms with E-state index in [9.17, 15) is 0 Å². The maximum Gasteiger partial charge on any atom is 0.123 e. The summed E-state index contributed by atoms with van der Waals surface area (Å²) in [4.78, 5) is 0. The van der Waals surface area contributed by atoms with Crippen LogP contribution in [-0.4, -0.2) is 10.2 Å². The summed E-state index contributed by atoms with van der Waals surface area (Å²) < 4.78 is 1.03. The van der Waals surface area contributed by atoms with Gasteiger partial charge >= 0.3 is 0 Å². The van der Waals surface area contributed by atoms with Crippen molar-refractivity contribution in [3.05, 3.63) is 15.5 Å². The van der Waals surface area contributed by atoms with Crippen LogP contribution in [0.1, 0.15) is 26.5 Å². The standard InChI is InChI=1S/C7H11IN2/c1-7(2,3)5-4-6(8)10-9-5/h4H,1-3H3,(H,9,10). The second-order valence-corrected chi connectivity index (χ2v) is 4.46. The lowest BCUT2D eigenvalue weighted by atomic mass is 9.93. The molecule has 0 aliphatic carbocycles. The Labute approximate surface area is 74.6 Å². The fraction of sp³-hybridized carbons (Fsp3) is 0.571. The van der Waals surface area contributed by atoms with Gasteiger partial charge in [0.1, 0.15) is 3.70 Å². The molecule has 0 aliphatic rings. The van der Waals surface area contributed by atoms with Gasteiger partial charge in [-0.15, -0.1) is 0 Å². The van der Waals surface area contributed by atoms with Crippen LogP contribution >= 0.6 is 22.6 Å². The Hall–Kier alpha value is -0.0600. The van der Waals surface area contributed by atoms with Gasteiger partial charge in [-0.2, -0.15) is 5.10 Å². The first-order chi connectivity index (χ1) is 4.50. The van der Waals surface area contributed by atoms with Crippen LogP contribution in [0.4, 0.5) is 0 Å². The molecule has 10 heavy (non-hydrogen) atoms. The van der Waals surface area contributed by atoms with Gasteiger partial charge in [0.05, 0.1) is 0 Å². The second-order valence-electron chi connectivity index (χ2n) is 3.35. The fourth-order valence-corrected chi connectivity index (χ4v) is 1.11. The monoisotopic (exact) mass is 250 g/mol. The van der Waals surface area contributed by atoms with E-state index in [0.717, 1.165) is 3.70 Å². The topological polar surface area (TPSA) is 28.7 Å². The van der Waals surface area contributed by atoms with Crippen molar-refractivity contribution in [1.82, 2.24) is 10.2 Å². The highest BCUT2D eigenvalue weighted by Crippen LogP contribution is 2.20. The van der Waals surface area contributed by atoms with Gasteiger partial charge in [-0.25, -0.2) is 0 Å². The Morgan fingerprint density at radius 1 is 1.50 bits per heavy atom. The molecule has 0 fully saturated rings. The molecule has 0 radical (unpaired) electrons. The number of halogens is 1. The van der Waals surface area contributed by atoms with Gasteiger partial charge in [0.2, 0.25) is 0 Å². The third-order valence-corrected chi connectivity index (χ3v) is 1.91. The number of H-pyrrole nitrogens is 1. The minimum atomic E-state index is 0.191. The van der Waals surface area contributed by atoms with Gasteiger partial charge in [0.25, 0.3) is 0 Å². The molecule has 0 aromatic carbocycles. The smallest absolute Gasteiger partial charge is 0.123 e. The number of aromatic nitrogens is 2. The number of rotatable bonds is 0. The molecule has 0 unspecified atom stereocenters. The molecule has 1 rings (SSSR count). The average molecular weight is 250 g/mol. The number of nitrogens with zero attached hydrogens (tertiary/aromatic N) is 1. The van der Waals surface area contributed by atoms with E-state index in [1.807, 2.05) is 0 Å². The third-order valence-electron chi connectivity index (χ3n) is 1.35. The van der Waals surface area contributed by atoms with Gasteiger partial charge in [-0.1, -0.05) is 20.8 Å². The number of nitrogens with one attached hydrogen (secondary N) is 1. The summed E-state index contributed by atoms with van der Waals surface area (Å²) in [5.74, 6) is 0. The molecule has 1 heterocycles. The van der Waals surface area contributed by atoms with Crippen molar-refractivity contribution < 1.29 is 0 Å². The van der Waals surface area contributed by atoms with Gasteiger partial charge in [-0.3, -0.25) is 5.10 Å². The van der Waals surface area contributed by atoms with Crippen molar-refractivity contribution in [1.29, 1.82) is 0 Å². The largest absolute Gasteiger partial charge is 0.281 e. The van der Waals surface area contributed by atoms with Crippen molar-refractivity contribution >= 4 is 22.6 Å². The summed E-state index contributed by atoms with van der Waals surface area (Å²) in [5, 5.41) is 7.03. The molecule has 0 amide bonds. The zero-order chi connectivity index (χ0) is 7.78. The number of hydrogen-bond donors (Lipinski definition) is 1. The van der Waals surface area contributed by atoms with Crippen LogP contribution in [0.25, 0.3) is 0 Å². The van der Waals surface area contributed by atoms with Gasteiger partial charge in [0.15, 0.2) is 0 Å². The highest BCUT2D eigenvalue weighted by atomic mass is 127. The first kappa shape index (κ1) is 8.04. The lowest BCUT2D eigenvalue weighted by Crippen LogP contribution is -2.11. The van der Waals surface area contributed by atoms with Gasteiger partial charge < -0.3 is 0 Å². The van der Waals surface area contributed by atoms with Crippen LogP contribution in [0.2, 0.25) is 0 Å². The SMILES string of the molecule is CC(C)(C)c1cc(I)n[nH]1. The quantitative estimate of drug-likeness (QED) is 0.703. The summed E-state index contributed by atoms with van der Waals surface area (Å²) in [6, 6.07) is 2.07. The molecule has 1 N–H and O–H groups in total. The van der Waals surface area contributed by atoms with Crippen LogP contribution in [0.3, 0.4) is 0 Å². The van der Waals surface area contributed by atoms with Crippen LogP contribution in [0.5, 0.6) is 0 Å². The van der Waals surface area contributed by atoms with E-state index in [1.165, 1.54) is 5.69 Å². The Balaban J connectivity index is 2.96. The molecule has 1 aromatic rings. The van der Waals surface area contributed by atoms with E-state index < -0.39 is 0 Å². The summed E-state index contributed by atoms with van der Waals surface area (Å²) in [7, 11) is 0. The predicted molar refractivity (Wildman–Crippen MR) is 50.0 cm³/mol. The predicted octanol–water partition coefficient (Wildman–Crippen LogP) is 2.31. The Kier molecular flexibility index (Phi) is 2.03. The van der Waals surface area contributed by atoms with Crippen LogP contribution in [-0.2, 0) is 5.41 Å². The molecule has 2 nitrogen and oxygen atoms in total. The maximum absolute atomic E-state index is 4.04. The molecule has 0 saturated carbocycles. The van der Waals surface area contributed by atoms with Gasteiger partial charge in [0, 0.05) is 11.1 Å². The van der Waals surface area contributed by atoms with Crippen molar-refractivity contribution in [3.63, 3.8) is 0 Å². The molecule has 0 aliphatic heterocycles. The van der Waals surface area contributed by atoms with Crippen molar-refractivity contribution in [2.75, 3.05) is 0 Å². The van der Waals surface area contributed by atoms with Crippen molar-refractivity contribution in [2.45, 2.75) is 26.2 Å². The Morgan fingerprint density at radius 3 is 2.30 bits per heavy atom. The molecule has 0 bridgehead atoms. The first-order valence-electron chi connectivity index (χ1n) is 3.21. The molecule has 0 saturated heterocycles. The minimum absolute atomic E-state index is 0.191. The minimum Gasteiger partial charge on any atom is -0.281 e. The zero-order valence-corrected chi connectivity index (χ0v) is 8.56. The van der Waals surface area contributed by atoms with E-state index >= 15 is 0 Å². The van der Waals surface area contributed by atoms with Crippen molar-refractivity contribution in [3.8, 4) is 0 Å². The molecule has 0 spiro atoms. The molecular weight excluding hydrogens is 239 g/mol. The van der Waals surface area contributed by atoms with Gasteiger partial charge in [-0.05, 0) is 28.7 Å². The third kappa shape index (κ3) is 1.71. The summed E-state index contributed by atoms with van der Waals surface area (Å²) in [6.45, 7) is 6.49. The molecule has 0 atom stereocenters. The Bertz CT molecular complexity index is 222. The molecular formula is C7H11IN2.